The lowest BCUT2D eigenvalue weighted by Gasteiger charge is -2.12. The molecule has 0 radical (unpaired) electrons. The first-order chi connectivity index (χ1) is 21.8. The van der Waals surface area contributed by atoms with Crippen molar-refractivity contribution in [2.75, 3.05) is 0 Å². The van der Waals surface area contributed by atoms with Gasteiger partial charge in [-0.2, -0.15) is 15.0 Å². The first-order valence-corrected chi connectivity index (χ1v) is 14.4. The third kappa shape index (κ3) is 3.73. The molecular weight excluding hydrogens is 542 g/mol. The van der Waals surface area contributed by atoms with Gasteiger partial charge in [-0.3, -0.25) is 4.57 Å². The van der Waals surface area contributed by atoms with Crippen molar-refractivity contribution >= 4 is 43.9 Å². The van der Waals surface area contributed by atoms with E-state index in [4.69, 9.17) is 24.9 Å². The predicted molar refractivity (Wildman–Crippen MR) is 175 cm³/mol. The molecule has 7 heteroatoms. The van der Waals surface area contributed by atoms with Crippen molar-refractivity contribution in [1.82, 2.24) is 34.1 Å². The Balaban J connectivity index is 1.34. The first kappa shape index (κ1) is 24.4. The molecule has 0 fully saturated rings. The quantitative estimate of drug-likeness (QED) is 0.215. The summed E-state index contributed by atoms with van der Waals surface area (Å²) in [5.41, 5.74) is 6.70. The molecule has 0 saturated heterocycles. The van der Waals surface area contributed by atoms with Crippen molar-refractivity contribution < 1.29 is 0 Å². The van der Waals surface area contributed by atoms with Gasteiger partial charge in [0.05, 0.1) is 11.0 Å². The number of para-hydroxylation sites is 2. The van der Waals surface area contributed by atoms with Crippen LogP contribution in [-0.4, -0.2) is 34.1 Å². The van der Waals surface area contributed by atoms with Crippen LogP contribution in [-0.2, 0) is 0 Å². The molecule has 0 aliphatic heterocycles. The minimum Gasteiger partial charge on any atom is -0.278 e. The zero-order valence-corrected chi connectivity index (χ0v) is 23.4. The first-order valence-electron chi connectivity index (χ1n) is 14.4. The van der Waals surface area contributed by atoms with E-state index in [9.17, 15) is 0 Å². The van der Waals surface area contributed by atoms with Gasteiger partial charge in [-0.25, -0.2) is 14.5 Å². The molecule has 5 heterocycles. The van der Waals surface area contributed by atoms with Gasteiger partial charge in [-0.1, -0.05) is 91.0 Å². The van der Waals surface area contributed by atoms with Crippen LogP contribution in [0.15, 0.2) is 140 Å². The maximum absolute atomic E-state index is 5.13. The van der Waals surface area contributed by atoms with E-state index in [2.05, 4.69) is 89.5 Å². The number of hydrogen-bond donors (Lipinski definition) is 0. The van der Waals surface area contributed by atoms with Crippen LogP contribution in [0.3, 0.4) is 0 Å². The van der Waals surface area contributed by atoms with Crippen LogP contribution in [0.25, 0.3) is 78.3 Å². The molecule has 9 rings (SSSR count). The van der Waals surface area contributed by atoms with Gasteiger partial charge in [0.1, 0.15) is 11.3 Å². The molecule has 0 bridgehead atoms. The molecule has 0 amide bonds. The average molecular weight is 566 g/mol. The molecule has 0 aliphatic carbocycles. The highest BCUT2D eigenvalue weighted by Crippen LogP contribution is 2.33. The monoisotopic (exact) mass is 565 g/mol. The van der Waals surface area contributed by atoms with Crippen LogP contribution in [0.2, 0.25) is 0 Å². The Morgan fingerprint density at radius 3 is 1.45 bits per heavy atom. The fourth-order valence-corrected chi connectivity index (χ4v) is 6.12. The molecule has 0 N–H and O–H groups in total. The Morgan fingerprint density at radius 2 is 0.841 bits per heavy atom. The van der Waals surface area contributed by atoms with Crippen LogP contribution >= 0.6 is 0 Å². The van der Waals surface area contributed by atoms with Crippen molar-refractivity contribution in [3.8, 4) is 34.4 Å². The van der Waals surface area contributed by atoms with Gasteiger partial charge >= 0.3 is 0 Å². The van der Waals surface area contributed by atoms with Crippen molar-refractivity contribution in [3.63, 3.8) is 0 Å². The van der Waals surface area contributed by atoms with Crippen LogP contribution in [0, 0.1) is 0 Å². The summed E-state index contributed by atoms with van der Waals surface area (Å²) in [4.78, 5) is 24.8. The van der Waals surface area contributed by atoms with E-state index in [1.165, 1.54) is 0 Å². The van der Waals surface area contributed by atoms with Crippen molar-refractivity contribution in [2.45, 2.75) is 0 Å². The molecule has 4 aromatic carbocycles. The number of pyridine rings is 2. The summed E-state index contributed by atoms with van der Waals surface area (Å²) in [6.45, 7) is 0. The molecule has 0 aliphatic rings. The highest BCUT2D eigenvalue weighted by molar-refractivity contribution is 6.09. The van der Waals surface area contributed by atoms with Crippen LogP contribution in [0.5, 0.6) is 0 Å². The second-order valence-electron chi connectivity index (χ2n) is 10.7. The van der Waals surface area contributed by atoms with Crippen LogP contribution in [0.1, 0.15) is 0 Å². The van der Waals surface area contributed by atoms with E-state index < -0.39 is 0 Å². The molecule has 0 atom stereocenters. The molecule has 0 spiro atoms. The number of benzene rings is 4. The van der Waals surface area contributed by atoms with Gasteiger partial charge in [0, 0.05) is 39.5 Å². The normalized spacial score (nSPS) is 11.6. The SMILES string of the molecule is c1ccc(-c2ccc(-c3nc(-n4c5ccccc5c5ccccc54)nc(-n4c5ncccc5c5cccnc54)n3)cc2)cc1. The van der Waals surface area contributed by atoms with Gasteiger partial charge in [0.15, 0.2) is 5.82 Å². The Kier molecular flexibility index (Phi) is 5.36. The Labute approximate surface area is 251 Å². The average Bonchev–Trinajstić information content (AvgIpc) is 3.62. The molecule has 206 valence electrons. The Morgan fingerprint density at radius 1 is 0.364 bits per heavy atom. The zero-order chi connectivity index (χ0) is 29.0. The second-order valence-corrected chi connectivity index (χ2v) is 10.7. The van der Waals surface area contributed by atoms with E-state index in [-0.39, 0.29) is 0 Å². The second kappa shape index (κ2) is 9.68. The fraction of sp³-hybridized carbons (Fsp3) is 0. The standard InChI is InChI=1S/C37H23N7/c1-2-10-24(11-3-1)25-18-20-26(21-19-25)33-40-36(43-31-16-6-4-12-27(31)28-13-5-7-17-32(28)43)42-37(41-33)44-34-29(14-8-22-38-34)30-15-9-23-39-35(30)44/h1-23H. The van der Waals surface area contributed by atoms with Crippen molar-refractivity contribution in [1.29, 1.82) is 0 Å². The summed E-state index contributed by atoms with van der Waals surface area (Å²) in [5.74, 6) is 1.54. The fourth-order valence-electron chi connectivity index (χ4n) is 6.12. The minimum atomic E-state index is 0.455. The van der Waals surface area contributed by atoms with Crippen LogP contribution in [0.4, 0.5) is 0 Å². The summed E-state index contributed by atoms with van der Waals surface area (Å²) in [7, 11) is 0. The molecule has 7 nitrogen and oxygen atoms in total. The summed E-state index contributed by atoms with van der Waals surface area (Å²) >= 11 is 0. The lowest BCUT2D eigenvalue weighted by atomic mass is 10.0. The molecule has 0 unspecified atom stereocenters. The lowest BCUT2D eigenvalue weighted by Crippen LogP contribution is -2.10. The predicted octanol–water partition coefficient (Wildman–Crippen LogP) is 8.19. The number of rotatable bonds is 4. The molecule has 5 aromatic heterocycles. The number of aromatic nitrogens is 7. The molecule has 44 heavy (non-hydrogen) atoms. The van der Waals surface area contributed by atoms with Crippen LogP contribution < -0.4 is 0 Å². The minimum absolute atomic E-state index is 0.455. The van der Waals surface area contributed by atoms with E-state index in [0.717, 1.165) is 60.6 Å². The molecule has 0 saturated carbocycles. The lowest BCUT2D eigenvalue weighted by molar-refractivity contribution is 0.883. The summed E-state index contributed by atoms with van der Waals surface area (Å²) in [5, 5.41) is 4.25. The third-order valence-electron chi connectivity index (χ3n) is 8.13. The van der Waals surface area contributed by atoms with E-state index in [1.54, 1.807) is 12.4 Å². The van der Waals surface area contributed by atoms with Gasteiger partial charge in [0.25, 0.3) is 0 Å². The summed E-state index contributed by atoms with van der Waals surface area (Å²) < 4.78 is 4.05. The largest absolute Gasteiger partial charge is 0.278 e. The summed E-state index contributed by atoms with van der Waals surface area (Å²) in [6.07, 6.45) is 3.58. The van der Waals surface area contributed by atoms with E-state index in [1.807, 2.05) is 47.0 Å². The zero-order valence-electron chi connectivity index (χ0n) is 23.4. The van der Waals surface area contributed by atoms with Crippen molar-refractivity contribution in [2.24, 2.45) is 0 Å². The topological polar surface area (TPSA) is 74.3 Å². The Hall–Kier alpha value is -6.21. The van der Waals surface area contributed by atoms with Gasteiger partial charge in [-0.05, 0) is 47.5 Å². The number of fused-ring (bicyclic) bond motifs is 6. The smallest absolute Gasteiger partial charge is 0.242 e. The van der Waals surface area contributed by atoms with Gasteiger partial charge in [-0.15, -0.1) is 0 Å². The third-order valence-corrected chi connectivity index (χ3v) is 8.13. The van der Waals surface area contributed by atoms with Gasteiger partial charge in [0.2, 0.25) is 11.9 Å². The summed E-state index contributed by atoms with van der Waals surface area (Å²) in [6, 6.07) is 43.4. The number of hydrogen-bond acceptors (Lipinski definition) is 5. The highest BCUT2D eigenvalue weighted by Gasteiger charge is 2.21. The number of nitrogens with zero attached hydrogens (tertiary/aromatic N) is 7. The van der Waals surface area contributed by atoms with Crippen molar-refractivity contribution in [3.05, 3.63) is 140 Å². The van der Waals surface area contributed by atoms with Gasteiger partial charge < -0.3 is 0 Å². The highest BCUT2D eigenvalue weighted by atomic mass is 15.3. The molecule has 9 aromatic rings. The Bertz CT molecular complexity index is 2250. The van der Waals surface area contributed by atoms with E-state index >= 15 is 0 Å². The maximum atomic E-state index is 5.13. The van der Waals surface area contributed by atoms with E-state index in [0.29, 0.717) is 17.7 Å². The molecular formula is C37H23N7. The maximum Gasteiger partial charge on any atom is 0.242 e.